The fourth-order valence-electron chi connectivity index (χ4n) is 3.90. The zero-order valence-electron chi connectivity index (χ0n) is 16.3. The van der Waals surface area contributed by atoms with E-state index in [2.05, 4.69) is 24.7 Å². The van der Waals surface area contributed by atoms with Crippen molar-refractivity contribution in [3.05, 3.63) is 46.4 Å². The molecule has 1 aromatic carbocycles. The normalized spacial score (nSPS) is 17.1. The molecule has 1 N–H and O–H groups in total. The number of aromatic nitrogens is 2. The van der Waals surface area contributed by atoms with Crippen LogP contribution in [0.1, 0.15) is 23.2 Å². The Morgan fingerprint density at radius 2 is 1.97 bits per heavy atom. The van der Waals surface area contributed by atoms with E-state index < -0.39 is 17.8 Å². The fraction of sp³-hybridized carbons (Fsp3) is 0.350. The van der Waals surface area contributed by atoms with Crippen molar-refractivity contribution >= 4 is 34.9 Å². The highest BCUT2D eigenvalue weighted by atomic mass is 35.5. The number of hydrogen-bond donors (Lipinski definition) is 1. The second-order valence-corrected chi connectivity index (χ2v) is 7.29. The summed E-state index contributed by atoms with van der Waals surface area (Å²) in [6.07, 6.45) is -0.0428. The number of nitrogens with one attached hydrogen (secondary N) is 1. The number of halogens is 3. The smallest absolute Gasteiger partial charge is 0.395 e. The number of hydrogen-bond acceptors (Lipinski definition) is 6. The van der Waals surface area contributed by atoms with Crippen molar-refractivity contribution in [2.45, 2.75) is 19.1 Å². The van der Waals surface area contributed by atoms with Gasteiger partial charge in [-0.05, 0) is 50.2 Å². The van der Waals surface area contributed by atoms with Gasteiger partial charge in [0.15, 0.2) is 17.1 Å². The third-order valence-corrected chi connectivity index (χ3v) is 5.34. The van der Waals surface area contributed by atoms with Crippen molar-refractivity contribution in [1.29, 1.82) is 0 Å². The summed E-state index contributed by atoms with van der Waals surface area (Å²) in [6, 6.07) is 5.69. The van der Waals surface area contributed by atoms with Gasteiger partial charge in [0.1, 0.15) is 5.52 Å². The van der Waals surface area contributed by atoms with E-state index in [-0.39, 0.29) is 46.0 Å². The number of rotatable bonds is 4. The van der Waals surface area contributed by atoms with Crippen LogP contribution >= 0.6 is 12.4 Å². The van der Waals surface area contributed by atoms with Gasteiger partial charge in [-0.15, -0.1) is 21.2 Å². The quantitative estimate of drug-likeness (QED) is 0.612. The number of carbonyl (C=O) groups excluding carboxylic acids is 1. The molecule has 2 aromatic heterocycles. The Kier molecular flexibility index (Phi) is 5.44. The van der Waals surface area contributed by atoms with Crippen molar-refractivity contribution in [1.82, 2.24) is 19.6 Å². The summed E-state index contributed by atoms with van der Waals surface area (Å²) < 4.78 is 37.3. The topological polar surface area (TPSA) is 85.2 Å². The Morgan fingerprint density at radius 1 is 1.19 bits per heavy atom. The number of likely N-dealkylation sites (tertiary alicyclic amines) is 1. The molecule has 0 unspecified atom stereocenters. The first-order chi connectivity index (χ1) is 14.4. The van der Waals surface area contributed by atoms with Gasteiger partial charge in [0.05, 0.1) is 10.9 Å². The molecule has 3 aromatic rings. The van der Waals surface area contributed by atoms with Crippen molar-refractivity contribution < 1.29 is 23.0 Å². The summed E-state index contributed by atoms with van der Waals surface area (Å²) in [5.41, 5.74) is -0.350. The molecule has 4 heterocycles. The van der Waals surface area contributed by atoms with Crippen LogP contribution in [0, 0.1) is 0 Å². The highest BCUT2D eigenvalue weighted by Crippen LogP contribution is 2.44. The van der Waals surface area contributed by atoms with Crippen LogP contribution in [0.2, 0.25) is 0 Å². The molecular weight excluding hydrogens is 434 g/mol. The molecule has 0 spiro atoms. The van der Waals surface area contributed by atoms with Crippen molar-refractivity contribution in [3.8, 4) is 11.5 Å². The van der Waals surface area contributed by atoms with E-state index in [9.17, 15) is 18.4 Å². The third-order valence-electron chi connectivity index (χ3n) is 5.34. The van der Waals surface area contributed by atoms with Crippen LogP contribution in [0.3, 0.4) is 0 Å². The van der Waals surface area contributed by atoms with E-state index in [4.69, 9.17) is 0 Å². The average molecular weight is 453 g/mol. The van der Waals surface area contributed by atoms with Gasteiger partial charge >= 0.3 is 6.29 Å². The predicted octanol–water partition coefficient (Wildman–Crippen LogP) is 2.42. The molecule has 0 saturated carbocycles. The monoisotopic (exact) mass is 452 g/mol. The highest BCUT2D eigenvalue weighted by molar-refractivity contribution is 6.01. The lowest BCUT2D eigenvalue weighted by Crippen LogP contribution is -2.34. The van der Waals surface area contributed by atoms with Crippen molar-refractivity contribution in [3.63, 3.8) is 0 Å². The lowest BCUT2D eigenvalue weighted by Gasteiger charge is -2.15. The van der Waals surface area contributed by atoms with Gasteiger partial charge in [-0.25, -0.2) is 4.98 Å². The van der Waals surface area contributed by atoms with Crippen LogP contribution in [0.5, 0.6) is 11.5 Å². The Morgan fingerprint density at radius 3 is 2.74 bits per heavy atom. The van der Waals surface area contributed by atoms with E-state index >= 15 is 0 Å². The molecule has 0 aliphatic carbocycles. The lowest BCUT2D eigenvalue weighted by atomic mass is 10.2. The molecule has 11 heteroatoms. The van der Waals surface area contributed by atoms with Gasteiger partial charge in [-0.1, -0.05) is 0 Å². The molecule has 1 amide bonds. The van der Waals surface area contributed by atoms with Gasteiger partial charge in [0.25, 0.3) is 11.5 Å². The van der Waals surface area contributed by atoms with Crippen LogP contribution in [0.25, 0.3) is 16.6 Å². The van der Waals surface area contributed by atoms with Crippen molar-refractivity contribution in [2.24, 2.45) is 0 Å². The second kappa shape index (κ2) is 7.93. The van der Waals surface area contributed by atoms with Crippen LogP contribution in [-0.2, 0) is 0 Å². The average Bonchev–Trinajstić information content (AvgIpc) is 3.34. The minimum absolute atomic E-state index is 0. The minimum atomic E-state index is -3.84. The molecule has 164 valence electrons. The standard InChI is InChI=1S/C20H18F2N4O4.ClH/c21-20(22)29-14-6-5-12-15(16(14)30-20)24-17-13(4-3-10-26(17)19(12)28)18(27)23-7-11-25-8-1-2-9-25;/h3-6,10H,1-2,7-9,11H2,(H,23,27);1H. The molecule has 8 nitrogen and oxygen atoms in total. The predicted molar refractivity (Wildman–Crippen MR) is 110 cm³/mol. The van der Waals surface area contributed by atoms with Gasteiger partial charge < -0.3 is 19.7 Å². The molecule has 1 saturated heterocycles. The molecule has 31 heavy (non-hydrogen) atoms. The third kappa shape index (κ3) is 3.77. The van der Waals surface area contributed by atoms with Crippen LogP contribution < -0.4 is 20.3 Å². The number of fused-ring (bicyclic) bond motifs is 4. The number of benzene rings is 1. The SMILES string of the molecule is Cl.O=C(NCCN1CCCC1)c1cccn2c(=O)c3ccc4c(c3nc12)OC(F)(F)O4. The molecule has 1 fully saturated rings. The van der Waals surface area contributed by atoms with E-state index in [0.29, 0.717) is 6.54 Å². The van der Waals surface area contributed by atoms with Gasteiger partial charge in [0, 0.05) is 19.3 Å². The zero-order valence-corrected chi connectivity index (χ0v) is 17.1. The first-order valence-corrected chi connectivity index (χ1v) is 9.67. The van der Waals surface area contributed by atoms with Crippen LogP contribution in [0.4, 0.5) is 8.78 Å². The van der Waals surface area contributed by atoms with Crippen LogP contribution in [0.15, 0.2) is 35.3 Å². The van der Waals surface area contributed by atoms with E-state index in [1.54, 1.807) is 6.07 Å². The largest absolute Gasteiger partial charge is 0.586 e. The van der Waals surface area contributed by atoms with Crippen molar-refractivity contribution in [2.75, 3.05) is 26.2 Å². The number of ether oxygens (including phenoxy) is 2. The van der Waals surface area contributed by atoms with Gasteiger partial charge in [0.2, 0.25) is 0 Å². The van der Waals surface area contributed by atoms with Gasteiger partial charge in [-0.2, -0.15) is 0 Å². The zero-order chi connectivity index (χ0) is 20.9. The maximum atomic E-state index is 13.5. The summed E-state index contributed by atoms with van der Waals surface area (Å²) in [5, 5.41) is 2.92. The number of carbonyl (C=O) groups is 1. The second-order valence-electron chi connectivity index (χ2n) is 7.29. The Bertz CT molecular complexity index is 1230. The number of amides is 1. The Hall–Kier alpha value is -2.98. The number of nitrogens with zero attached hydrogens (tertiary/aromatic N) is 3. The minimum Gasteiger partial charge on any atom is -0.395 e. The van der Waals surface area contributed by atoms with E-state index in [1.165, 1.54) is 28.8 Å². The number of pyridine rings is 1. The highest BCUT2D eigenvalue weighted by Gasteiger charge is 2.44. The molecule has 0 radical (unpaired) electrons. The molecular formula is C20H19ClF2N4O4. The maximum Gasteiger partial charge on any atom is 0.586 e. The first-order valence-electron chi connectivity index (χ1n) is 9.67. The number of alkyl halides is 2. The van der Waals surface area contributed by atoms with Crippen LogP contribution in [-0.4, -0.2) is 52.7 Å². The summed E-state index contributed by atoms with van der Waals surface area (Å²) >= 11 is 0. The molecule has 2 aliphatic heterocycles. The molecule has 0 bridgehead atoms. The molecule has 5 rings (SSSR count). The van der Waals surface area contributed by atoms with E-state index in [0.717, 1.165) is 32.5 Å². The summed E-state index contributed by atoms with van der Waals surface area (Å²) in [5.74, 6) is -0.925. The molecule has 2 aliphatic rings. The Labute approximate surface area is 181 Å². The van der Waals surface area contributed by atoms with Gasteiger partial charge in [-0.3, -0.25) is 14.0 Å². The molecule has 0 atom stereocenters. The summed E-state index contributed by atoms with van der Waals surface area (Å²) in [4.78, 5) is 32.3. The summed E-state index contributed by atoms with van der Waals surface area (Å²) in [6.45, 7) is 3.23. The summed E-state index contributed by atoms with van der Waals surface area (Å²) in [7, 11) is 0. The maximum absolute atomic E-state index is 13.5. The van der Waals surface area contributed by atoms with E-state index in [1.807, 2.05) is 0 Å². The lowest BCUT2D eigenvalue weighted by molar-refractivity contribution is -0.286. The first kappa shape index (κ1) is 21.3. The fourth-order valence-corrected chi connectivity index (χ4v) is 3.90. The Balaban J connectivity index is 0.00000231.